The fourth-order valence-electron chi connectivity index (χ4n) is 1.85. The van der Waals surface area contributed by atoms with Crippen molar-refractivity contribution in [3.8, 4) is 0 Å². The Labute approximate surface area is 137 Å². The Morgan fingerprint density at radius 3 is 2.50 bits per heavy atom. The topological polar surface area (TPSA) is 74.3 Å². The summed E-state index contributed by atoms with van der Waals surface area (Å²) >= 11 is 0. The minimum atomic E-state index is -4.52. The first kappa shape index (κ1) is 14.5. The molecule has 0 fully saturated rings. The number of hydrogen-bond donors (Lipinski definition) is 0. The second kappa shape index (κ2) is 5.39. The molecule has 0 saturated heterocycles. The molecule has 16 heavy (non-hydrogen) atoms. The van der Waals surface area contributed by atoms with E-state index in [-0.39, 0.29) is 57.8 Å². The summed E-state index contributed by atoms with van der Waals surface area (Å²) in [6.07, 6.45) is 0.565. The number of ketones is 1. The number of rotatable bonds is 1. The molecule has 4 nitrogen and oxygen atoms in total. The van der Waals surface area contributed by atoms with Crippen LogP contribution in [0.15, 0.2) is 24.3 Å². The van der Waals surface area contributed by atoms with Gasteiger partial charge < -0.3 is 4.55 Å². The van der Waals surface area contributed by atoms with Crippen LogP contribution in [0.3, 0.4) is 0 Å². The second-order valence-electron chi connectivity index (χ2n) is 3.54. The van der Waals surface area contributed by atoms with E-state index in [4.69, 9.17) is 0 Å². The van der Waals surface area contributed by atoms with Gasteiger partial charge in [-0.25, -0.2) is 8.42 Å². The summed E-state index contributed by atoms with van der Waals surface area (Å²) in [5, 5.41) is -1.40. The average Bonchev–Trinajstić information content (AvgIpc) is 2.16. The third-order valence-electron chi connectivity index (χ3n) is 2.60. The van der Waals surface area contributed by atoms with Crippen molar-refractivity contribution < 1.29 is 69.1 Å². The molecule has 1 atom stereocenters. The predicted octanol–water partition coefficient (Wildman–Crippen LogP) is -2.27. The van der Waals surface area contributed by atoms with Crippen molar-refractivity contribution in [3.63, 3.8) is 0 Å². The van der Waals surface area contributed by atoms with Crippen LogP contribution in [0.4, 0.5) is 0 Å². The molecule has 0 bridgehead atoms. The molecule has 0 amide bonds. The van der Waals surface area contributed by atoms with E-state index >= 15 is 0 Å². The van der Waals surface area contributed by atoms with Crippen LogP contribution in [0, 0.1) is 0 Å². The molecule has 0 saturated carbocycles. The van der Waals surface area contributed by atoms with Gasteiger partial charge in [-0.1, -0.05) is 24.3 Å². The largest absolute Gasteiger partial charge is 1.00 e. The van der Waals surface area contributed by atoms with Gasteiger partial charge in [0.15, 0.2) is 5.78 Å². The van der Waals surface area contributed by atoms with Gasteiger partial charge in [-0.3, -0.25) is 4.79 Å². The molecule has 0 aromatic heterocycles. The number of benzene rings is 1. The Balaban J connectivity index is 0.00000128. The molecule has 0 heterocycles. The van der Waals surface area contributed by atoms with Crippen LogP contribution in [0.5, 0.6) is 0 Å². The average molecular weight is 264 g/mol. The molecule has 1 aliphatic carbocycles. The molecule has 80 valence electrons. The molecule has 6 heteroatoms. The van der Waals surface area contributed by atoms with Gasteiger partial charge in [0.25, 0.3) is 0 Å². The Hall–Kier alpha value is 0.436. The van der Waals surface area contributed by atoms with Gasteiger partial charge in [0.05, 0.1) is 0 Å². The van der Waals surface area contributed by atoms with Crippen molar-refractivity contribution in [1.82, 2.24) is 0 Å². The molecule has 0 aliphatic heterocycles. The molecule has 0 radical (unpaired) electrons. The summed E-state index contributed by atoms with van der Waals surface area (Å²) in [4.78, 5) is 11.7. The summed E-state index contributed by atoms with van der Waals surface area (Å²) < 4.78 is 32.5. The van der Waals surface area contributed by atoms with Crippen molar-refractivity contribution >= 4 is 15.9 Å². The minimum absolute atomic E-state index is 0. The van der Waals surface area contributed by atoms with Gasteiger partial charge in [-0.15, -0.1) is 0 Å². The van der Waals surface area contributed by atoms with E-state index < -0.39 is 21.2 Å². The van der Waals surface area contributed by atoms with E-state index in [1.165, 1.54) is 0 Å². The van der Waals surface area contributed by atoms with E-state index in [1.54, 1.807) is 24.3 Å². The number of carbonyl (C=O) groups is 1. The van der Waals surface area contributed by atoms with Crippen LogP contribution >= 0.6 is 0 Å². The van der Waals surface area contributed by atoms with Crippen LogP contribution in [-0.2, 0) is 16.5 Å². The van der Waals surface area contributed by atoms with E-state index in [2.05, 4.69) is 0 Å². The molecule has 1 aromatic rings. The van der Waals surface area contributed by atoms with Gasteiger partial charge in [0.2, 0.25) is 0 Å². The van der Waals surface area contributed by atoms with Gasteiger partial charge >= 0.3 is 51.4 Å². The van der Waals surface area contributed by atoms with Crippen LogP contribution in [0.1, 0.15) is 22.3 Å². The zero-order chi connectivity index (χ0) is 11.1. The number of Topliss-reactive ketones (excluding diaryl/α,β-unsaturated/α-hetero) is 1. The zero-order valence-corrected chi connectivity index (χ0v) is 12.8. The van der Waals surface area contributed by atoms with Crippen LogP contribution in [-0.4, -0.2) is 24.0 Å². The predicted molar refractivity (Wildman–Crippen MR) is 52.6 cm³/mol. The van der Waals surface area contributed by atoms with Crippen LogP contribution < -0.4 is 51.4 Å². The fourth-order valence-corrected chi connectivity index (χ4v) is 2.64. The third-order valence-corrected chi connectivity index (χ3v) is 3.75. The van der Waals surface area contributed by atoms with E-state index in [1.807, 2.05) is 0 Å². The molecular weight excluding hydrogens is 255 g/mol. The number of carbonyl (C=O) groups excluding carboxylic acids is 1. The maximum absolute atomic E-state index is 11.7. The van der Waals surface area contributed by atoms with Crippen molar-refractivity contribution in [2.24, 2.45) is 0 Å². The number of hydrogen-bond acceptors (Lipinski definition) is 4. The summed E-state index contributed by atoms with van der Waals surface area (Å²) in [6, 6.07) is 6.80. The van der Waals surface area contributed by atoms with Crippen LogP contribution in [0.25, 0.3) is 0 Å². The first-order valence-electron chi connectivity index (χ1n) is 4.57. The normalized spacial score (nSPS) is 19.8. The molecule has 2 rings (SSSR count). The SMILES string of the molecule is O=C1c2ccccc2CCC1S(=O)(=O)[O-].[K+]. The molecular formula is C10H9KO4S. The van der Waals surface area contributed by atoms with Crippen molar-refractivity contribution in [2.45, 2.75) is 18.1 Å². The van der Waals surface area contributed by atoms with Crippen molar-refractivity contribution in [3.05, 3.63) is 35.4 Å². The molecule has 1 unspecified atom stereocenters. The molecule has 0 N–H and O–H groups in total. The second-order valence-corrected chi connectivity index (χ2v) is 5.10. The Kier molecular flexibility index (Phi) is 4.88. The van der Waals surface area contributed by atoms with Gasteiger partial charge in [0, 0.05) is 5.56 Å². The molecule has 1 aromatic carbocycles. The van der Waals surface area contributed by atoms with Crippen LogP contribution in [0.2, 0.25) is 0 Å². The monoisotopic (exact) mass is 264 g/mol. The Bertz CT molecular complexity index is 509. The van der Waals surface area contributed by atoms with E-state index in [0.29, 0.717) is 12.0 Å². The maximum Gasteiger partial charge on any atom is 1.00 e. The fraction of sp³-hybridized carbons (Fsp3) is 0.300. The first-order chi connectivity index (χ1) is 7.00. The Morgan fingerprint density at radius 1 is 1.25 bits per heavy atom. The third kappa shape index (κ3) is 2.81. The van der Waals surface area contributed by atoms with Gasteiger partial charge in [-0.2, -0.15) is 0 Å². The van der Waals surface area contributed by atoms with Crippen molar-refractivity contribution in [2.75, 3.05) is 0 Å². The summed E-state index contributed by atoms with van der Waals surface area (Å²) in [5.41, 5.74) is 1.19. The Morgan fingerprint density at radius 2 is 1.88 bits per heavy atom. The molecule has 0 spiro atoms. The van der Waals surface area contributed by atoms with E-state index in [0.717, 1.165) is 5.56 Å². The van der Waals surface area contributed by atoms with Crippen molar-refractivity contribution in [1.29, 1.82) is 0 Å². The van der Waals surface area contributed by atoms with Gasteiger partial charge in [0.1, 0.15) is 15.4 Å². The quantitative estimate of drug-likeness (QED) is 0.423. The number of fused-ring (bicyclic) bond motifs is 1. The smallest absolute Gasteiger partial charge is 0.747 e. The summed E-state index contributed by atoms with van der Waals surface area (Å²) in [7, 11) is -4.52. The van der Waals surface area contributed by atoms with E-state index in [9.17, 15) is 17.8 Å². The zero-order valence-electron chi connectivity index (χ0n) is 8.84. The standard InChI is InChI=1S/C10H10O4S.K/c11-10-8-4-2-1-3-7(8)5-6-9(10)15(12,13)14;/h1-4,9H,5-6H2,(H,12,13,14);/q;+1/p-1. The first-order valence-corrected chi connectivity index (χ1v) is 6.04. The number of aryl methyl sites for hydroxylation is 1. The minimum Gasteiger partial charge on any atom is -0.747 e. The maximum atomic E-state index is 11.7. The molecule has 1 aliphatic rings. The summed E-state index contributed by atoms with van der Waals surface area (Å²) in [6.45, 7) is 0. The summed E-state index contributed by atoms with van der Waals surface area (Å²) in [5.74, 6) is -0.563. The van der Waals surface area contributed by atoms with Gasteiger partial charge in [-0.05, 0) is 18.4 Å².